The molecule has 2 nitrogen and oxygen atoms in total. The van der Waals surface area contributed by atoms with Crippen molar-refractivity contribution >= 4 is 6.21 Å². The van der Waals surface area contributed by atoms with Crippen LogP contribution in [0, 0.1) is 17.5 Å². The lowest BCUT2D eigenvalue weighted by atomic mass is 10.2. The third-order valence-corrected chi connectivity index (χ3v) is 1.25. The summed E-state index contributed by atoms with van der Waals surface area (Å²) in [6, 6.07) is 1.11. The molecular weight excluding hydrogens is 169 g/mol. The Bertz CT molecular complexity index is 299. The van der Waals surface area contributed by atoms with Gasteiger partial charge in [0, 0.05) is 12.1 Å². The molecule has 0 saturated heterocycles. The molecule has 0 aliphatic heterocycles. The van der Waals surface area contributed by atoms with Gasteiger partial charge in [-0.25, -0.2) is 13.2 Å². The average molecular weight is 174 g/mol. The van der Waals surface area contributed by atoms with Crippen LogP contribution in [0.25, 0.3) is 0 Å². The number of halogens is 3. The zero-order valence-electron chi connectivity index (χ0n) is 5.89. The van der Waals surface area contributed by atoms with Crippen molar-refractivity contribution in [3.63, 3.8) is 0 Å². The molecule has 5 heteroatoms. The van der Waals surface area contributed by atoms with E-state index < -0.39 is 23.0 Å². The number of hydrogen-bond donors (Lipinski definition) is 1. The molecule has 1 aromatic carbocycles. The maximum absolute atomic E-state index is 12.7. The van der Waals surface area contributed by atoms with Gasteiger partial charge < -0.3 is 5.84 Å². The number of nitrogens with zero attached hydrogens (tertiary/aromatic N) is 1. The Kier molecular flexibility index (Phi) is 2.32. The minimum Gasteiger partial charge on any atom is -0.323 e. The number of hydrazone groups is 1. The molecule has 0 bridgehead atoms. The molecule has 12 heavy (non-hydrogen) atoms. The van der Waals surface area contributed by atoms with Crippen LogP contribution in [-0.2, 0) is 0 Å². The zero-order chi connectivity index (χ0) is 9.14. The first-order chi connectivity index (χ1) is 5.65. The molecule has 0 atom stereocenters. The molecule has 64 valence electrons. The predicted octanol–water partition coefficient (Wildman–Crippen LogP) is 1.40. The van der Waals surface area contributed by atoms with Crippen molar-refractivity contribution in [3.8, 4) is 0 Å². The van der Waals surface area contributed by atoms with Crippen molar-refractivity contribution in [2.24, 2.45) is 10.9 Å². The largest absolute Gasteiger partial charge is 0.323 e. The molecule has 0 unspecified atom stereocenters. The van der Waals surface area contributed by atoms with Crippen LogP contribution in [-0.4, -0.2) is 6.21 Å². The second-order valence-corrected chi connectivity index (χ2v) is 2.06. The fraction of sp³-hybridized carbons (Fsp3) is 0. The van der Waals surface area contributed by atoms with Gasteiger partial charge in [-0.2, -0.15) is 5.10 Å². The van der Waals surface area contributed by atoms with E-state index in [0.717, 1.165) is 6.21 Å². The summed E-state index contributed by atoms with van der Waals surface area (Å²) in [6.45, 7) is 0. The third kappa shape index (κ3) is 1.55. The first-order valence-corrected chi connectivity index (χ1v) is 3.03. The molecule has 0 radical (unpaired) electrons. The van der Waals surface area contributed by atoms with Gasteiger partial charge in [0.2, 0.25) is 0 Å². The number of rotatable bonds is 1. The summed E-state index contributed by atoms with van der Waals surface area (Å²) < 4.78 is 37.6. The molecule has 0 aliphatic carbocycles. The highest BCUT2D eigenvalue weighted by Crippen LogP contribution is 2.12. The molecule has 1 rings (SSSR count). The molecular formula is C7H5F3N2. The minimum absolute atomic E-state index is 0.445. The first kappa shape index (κ1) is 8.58. The SMILES string of the molecule is N/N=C\c1c(F)cc(F)cc1F. The molecule has 2 N–H and O–H groups in total. The summed E-state index contributed by atoms with van der Waals surface area (Å²) in [7, 11) is 0. The monoisotopic (exact) mass is 174 g/mol. The third-order valence-electron chi connectivity index (χ3n) is 1.25. The molecule has 0 aromatic heterocycles. The second kappa shape index (κ2) is 3.25. The van der Waals surface area contributed by atoms with E-state index in [9.17, 15) is 13.2 Å². The highest BCUT2D eigenvalue weighted by molar-refractivity contribution is 5.79. The van der Waals surface area contributed by atoms with Gasteiger partial charge in [-0.3, -0.25) is 0 Å². The van der Waals surface area contributed by atoms with Gasteiger partial charge in [0.1, 0.15) is 17.5 Å². The Morgan fingerprint density at radius 1 is 1.17 bits per heavy atom. The summed E-state index contributed by atoms with van der Waals surface area (Å²) in [5, 5.41) is 2.93. The summed E-state index contributed by atoms with van der Waals surface area (Å²) in [5.74, 6) is 1.65. The van der Waals surface area contributed by atoms with Crippen molar-refractivity contribution in [1.29, 1.82) is 0 Å². The van der Waals surface area contributed by atoms with E-state index in [2.05, 4.69) is 10.9 Å². The van der Waals surface area contributed by atoms with Crippen LogP contribution in [0.4, 0.5) is 13.2 Å². The van der Waals surface area contributed by atoms with Crippen LogP contribution in [0.5, 0.6) is 0 Å². The van der Waals surface area contributed by atoms with E-state index in [1.165, 1.54) is 0 Å². The van der Waals surface area contributed by atoms with Crippen molar-refractivity contribution in [3.05, 3.63) is 35.1 Å². The van der Waals surface area contributed by atoms with Crippen molar-refractivity contribution in [2.75, 3.05) is 0 Å². The summed E-state index contributed by atoms with van der Waals surface area (Å²) in [6.07, 6.45) is 0.782. The zero-order valence-corrected chi connectivity index (χ0v) is 5.89. The van der Waals surface area contributed by atoms with Crippen molar-refractivity contribution in [1.82, 2.24) is 0 Å². The van der Waals surface area contributed by atoms with E-state index in [1.807, 2.05) is 0 Å². The lowest BCUT2D eigenvalue weighted by Crippen LogP contribution is -1.97. The first-order valence-electron chi connectivity index (χ1n) is 3.03. The topological polar surface area (TPSA) is 38.4 Å². The molecule has 0 saturated carbocycles. The molecule has 1 aromatic rings. The molecule has 0 spiro atoms. The van der Waals surface area contributed by atoms with Crippen LogP contribution in [0.15, 0.2) is 17.2 Å². The predicted molar refractivity (Wildman–Crippen MR) is 38.1 cm³/mol. The van der Waals surface area contributed by atoms with Crippen LogP contribution >= 0.6 is 0 Å². The molecule has 0 heterocycles. The minimum atomic E-state index is -1.03. The van der Waals surface area contributed by atoms with Gasteiger partial charge in [-0.05, 0) is 0 Å². The fourth-order valence-corrected chi connectivity index (χ4v) is 0.751. The highest BCUT2D eigenvalue weighted by Gasteiger charge is 2.08. The van der Waals surface area contributed by atoms with E-state index in [4.69, 9.17) is 0 Å². The number of benzene rings is 1. The standard InChI is InChI=1S/C7H5F3N2/c8-4-1-6(9)5(3-12-11)7(10)2-4/h1-3H,11H2/b12-3-. The number of nitrogens with two attached hydrogens (primary N) is 1. The molecule has 0 aliphatic rings. The van der Waals surface area contributed by atoms with Crippen molar-refractivity contribution < 1.29 is 13.2 Å². The Labute approximate surface area is 66.5 Å². The van der Waals surface area contributed by atoms with Gasteiger partial charge in [0.05, 0.1) is 11.8 Å². The Hall–Kier alpha value is -1.52. The lowest BCUT2D eigenvalue weighted by molar-refractivity contribution is 0.541. The summed E-state index contributed by atoms with van der Waals surface area (Å²) in [4.78, 5) is 0. The van der Waals surface area contributed by atoms with E-state index in [1.54, 1.807) is 0 Å². The Morgan fingerprint density at radius 2 is 1.67 bits per heavy atom. The summed E-state index contributed by atoms with van der Waals surface area (Å²) >= 11 is 0. The van der Waals surface area contributed by atoms with Gasteiger partial charge in [0.15, 0.2) is 0 Å². The van der Waals surface area contributed by atoms with Crippen LogP contribution in [0.2, 0.25) is 0 Å². The van der Waals surface area contributed by atoms with E-state index >= 15 is 0 Å². The number of hydrogen-bond acceptors (Lipinski definition) is 2. The Morgan fingerprint density at radius 3 is 2.08 bits per heavy atom. The van der Waals surface area contributed by atoms with Crippen LogP contribution in [0.3, 0.4) is 0 Å². The van der Waals surface area contributed by atoms with E-state index in [0.29, 0.717) is 12.1 Å². The smallest absolute Gasteiger partial charge is 0.137 e. The highest BCUT2D eigenvalue weighted by atomic mass is 19.1. The normalized spacial score (nSPS) is 10.9. The van der Waals surface area contributed by atoms with Gasteiger partial charge >= 0.3 is 0 Å². The maximum Gasteiger partial charge on any atom is 0.137 e. The quantitative estimate of drug-likeness (QED) is 0.390. The lowest BCUT2D eigenvalue weighted by Gasteiger charge is -1.97. The molecule has 0 amide bonds. The fourth-order valence-electron chi connectivity index (χ4n) is 0.751. The van der Waals surface area contributed by atoms with E-state index in [-0.39, 0.29) is 0 Å². The van der Waals surface area contributed by atoms with Crippen LogP contribution < -0.4 is 5.84 Å². The average Bonchev–Trinajstić information content (AvgIpc) is 1.96. The van der Waals surface area contributed by atoms with Gasteiger partial charge in [-0.15, -0.1) is 0 Å². The maximum atomic E-state index is 12.7. The van der Waals surface area contributed by atoms with Crippen LogP contribution in [0.1, 0.15) is 5.56 Å². The second-order valence-electron chi connectivity index (χ2n) is 2.06. The summed E-state index contributed by atoms with van der Waals surface area (Å²) in [5.41, 5.74) is -0.445. The Balaban J connectivity index is 3.28. The molecule has 0 fully saturated rings. The van der Waals surface area contributed by atoms with Crippen molar-refractivity contribution in [2.45, 2.75) is 0 Å². The van der Waals surface area contributed by atoms with Gasteiger partial charge in [-0.1, -0.05) is 0 Å². The van der Waals surface area contributed by atoms with Gasteiger partial charge in [0.25, 0.3) is 0 Å².